The van der Waals surface area contributed by atoms with Crippen LogP contribution in [0.4, 0.5) is 13.6 Å². The lowest BCUT2D eigenvalue weighted by Crippen LogP contribution is -2.42. The number of rotatable bonds is 4. The lowest BCUT2D eigenvalue weighted by molar-refractivity contribution is -0.130. The maximum Gasteiger partial charge on any atom is 0.325 e. The minimum Gasteiger partial charge on any atom is -0.319 e. The molecule has 3 amide bonds. The molecule has 7 heteroatoms. The number of nitrogens with zero attached hydrogens (tertiary/aromatic N) is 1. The molecule has 2 aromatic rings. The van der Waals surface area contributed by atoms with E-state index in [0.717, 1.165) is 18.2 Å². The van der Waals surface area contributed by atoms with E-state index in [2.05, 4.69) is 5.32 Å². The van der Waals surface area contributed by atoms with Gasteiger partial charge in [0.2, 0.25) is 0 Å². The lowest BCUT2D eigenvalue weighted by atomic mass is 9.91. The maximum absolute atomic E-state index is 14.1. The Morgan fingerprint density at radius 2 is 1.80 bits per heavy atom. The third-order valence-corrected chi connectivity index (χ3v) is 4.14. The van der Waals surface area contributed by atoms with Crippen molar-refractivity contribution in [2.45, 2.75) is 12.5 Å². The average Bonchev–Trinajstić information content (AvgIpc) is 2.81. The molecular formula is C18H14F2N2O3. The number of urea groups is 1. The van der Waals surface area contributed by atoms with Crippen LogP contribution in [0.15, 0.2) is 48.5 Å². The van der Waals surface area contributed by atoms with Crippen LogP contribution in [-0.2, 0) is 10.3 Å². The van der Waals surface area contributed by atoms with Crippen molar-refractivity contribution in [3.8, 4) is 0 Å². The summed E-state index contributed by atoms with van der Waals surface area (Å²) < 4.78 is 27.5. The minimum atomic E-state index is -1.78. The van der Waals surface area contributed by atoms with Gasteiger partial charge in [-0.25, -0.2) is 13.6 Å². The van der Waals surface area contributed by atoms with E-state index in [1.807, 2.05) is 0 Å². The number of carbonyl (C=O) groups is 3. The molecule has 5 nitrogen and oxygen atoms in total. The standard InChI is InChI=1S/C18H14F2N2O3/c1-18(13-9-12(19)7-8-14(13)20)16(24)22(17(25)21-18)10-15(23)11-5-3-2-4-6-11/h2-9H,10H2,1H3,(H,21,25)/t18-/m0/s1. The molecule has 0 saturated carbocycles. The number of benzene rings is 2. The summed E-state index contributed by atoms with van der Waals surface area (Å²) in [6.07, 6.45) is 0. The minimum absolute atomic E-state index is 0.291. The molecule has 25 heavy (non-hydrogen) atoms. The first-order valence-electron chi connectivity index (χ1n) is 7.51. The van der Waals surface area contributed by atoms with Gasteiger partial charge in [-0.2, -0.15) is 0 Å². The zero-order valence-corrected chi connectivity index (χ0v) is 13.3. The summed E-state index contributed by atoms with van der Waals surface area (Å²) in [6, 6.07) is 9.99. The number of imide groups is 1. The number of ketones is 1. The number of halogens is 2. The Hall–Kier alpha value is -3.09. The van der Waals surface area contributed by atoms with Crippen LogP contribution < -0.4 is 5.32 Å². The van der Waals surface area contributed by atoms with Crippen LogP contribution in [0.2, 0.25) is 0 Å². The van der Waals surface area contributed by atoms with Gasteiger partial charge in [-0.3, -0.25) is 14.5 Å². The van der Waals surface area contributed by atoms with Crippen molar-refractivity contribution in [2.75, 3.05) is 6.54 Å². The molecule has 1 saturated heterocycles. The fourth-order valence-electron chi connectivity index (χ4n) is 2.76. The van der Waals surface area contributed by atoms with Crippen LogP contribution in [-0.4, -0.2) is 29.2 Å². The van der Waals surface area contributed by atoms with Crippen molar-refractivity contribution in [2.24, 2.45) is 0 Å². The average molecular weight is 344 g/mol. The van der Waals surface area contributed by atoms with E-state index >= 15 is 0 Å². The first kappa shape index (κ1) is 16.8. The molecule has 0 aliphatic carbocycles. The summed E-state index contributed by atoms with van der Waals surface area (Å²) >= 11 is 0. The Balaban J connectivity index is 1.90. The van der Waals surface area contributed by atoms with E-state index in [0.29, 0.717) is 10.5 Å². The highest BCUT2D eigenvalue weighted by molar-refractivity contribution is 6.11. The number of hydrogen-bond donors (Lipinski definition) is 1. The third kappa shape index (κ3) is 2.88. The van der Waals surface area contributed by atoms with Gasteiger partial charge in [0.25, 0.3) is 5.91 Å². The molecule has 1 heterocycles. The van der Waals surface area contributed by atoms with Gasteiger partial charge in [-0.1, -0.05) is 30.3 Å². The van der Waals surface area contributed by atoms with E-state index in [4.69, 9.17) is 0 Å². The molecule has 0 radical (unpaired) electrons. The number of nitrogens with one attached hydrogen (secondary N) is 1. The van der Waals surface area contributed by atoms with Crippen LogP contribution in [0.1, 0.15) is 22.8 Å². The van der Waals surface area contributed by atoms with Crippen molar-refractivity contribution in [3.05, 3.63) is 71.3 Å². The predicted molar refractivity (Wildman–Crippen MR) is 84.7 cm³/mol. The number of hydrogen-bond acceptors (Lipinski definition) is 3. The topological polar surface area (TPSA) is 66.5 Å². The van der Waals surface area contributed by atoms with Crippen LogP contribution >= 0.6 is 0 Å². The molecule has 0 bridgehead atoms. The van der Waals surface area contributed by atoms with Crippen LogP contribution in [0, 0.1) is 11.6 Å². The Bertz CT molecular complexity index is 870. The van der Waals surface area contributed by atoms with Gasteiger partial charge in [0, 0.05) is 11.1 Å². The number of amides is 3. The van der Waals surface area contributed by atoms with Crippen LogP contribution in [0.3, 0.4) is 0 Å². The summed E-state index contributed by atoms with van der Waals surface area (Å²) in [6.45, 7) is 0.791. The molecule has 1 fully saturated rings. The molecule has 1 atom stereocenters. The fourth-order valence-corrected chi connectivity index (χ4v) is 2.76. The molecule has 1 N–H and O–H groups in total. The second kappa shape index (κ2) is 6.08. The van der Waals surface area contributed by atoms with Crippen molar-refractivity contribution < 1.29 is 23.2 Å². The first-order chi connectivity index (χ1) is 11.8. The predicted octanol–water partition coefficient (Wildman–Crippen LogP) is 2.61. The normalized spacial score (nSPS) is 19.9. The van der Waals surface area contributed by atoms with E-state index < -0.39 is 41.4 Å². The van der Waals surface area contributed by atoms with Gasteiger partial charge in [0.15, 0.2) is 5.78 Å². The van der Waals surface area contributed by atoms with Crippen molar-refractivity contribution in [3.63, 3.8) is 0 Å². The quantitative estimate of drug-likeness (QED) is 0.685. The van der Waals surface area contributed by atoms with Gasteiger partial charge in [0.1, 0.15) is 17.2 Å². The molecule has 1 aliphatic rings. The largest absolute Gasteiger partial charge is 0.325 e. The Morgan fingerprint density at radius 1 is 1.12 bits per heavy atom. The zero-order valence-electron chi connectivity index (χ0n) is 13.3. The van der Waals surface area contributed by atoms with E-state index in [1.165, 1.54) is 6.92 Å². The van der Waals surface area contributed by atoms with Gasteiger partial charge < -0.3 is 5.32 Å². The molecule has 3 rings (SSSR count). The highest BCUT2D eigenvalue weighted by Crippen LogP contribution is 2.31. The molecule has 0 unspecified atom stereocenters. The molecule has 0 aromatic heterocycles. The molecule has 0 spiro atoms. The maximum atomic E-state index is 14.1. The molecular weight excluding hydrogens is 330 g/mol. The molecule has 2 aromatic carbocycles. The lowest BCUT2D eigenvalue weighted by Gasteiger charge is -2.22. The molecule has 128 valence electrons. The number of Topliss-reactive ketones (excluding diaryl/α,β-unsaturated/α-hetero) is 1. The summed E-state index contributed by atoms with van der Waals surface area (Å²) in [4.78, 5) is 37.8. The number of carbonyl (C=O) groups excluding carboxylic acids is 3. The van der Waals surface area contributed by atoms with Gasteiger partial charge in [0.05, 0.1) is 6.54 Å². The highest BCUT2D eigenvalue weighted by atomic mass is 19.1. The first-order valence-corrected chi connectivity index (χ1v) is 7.51. The Morgan fingerprint density at radius 3 is 2.48 bits per heavy atom. The summed E-state index contributed by atoms with van der Waals surface area (Å²) in [7, 11) is 0. The van der Waals surface area contributed by atoms with Crippen LogP contribution in [0.5, 0.6) is 0 Å². The monoisotopic (exact) mass is 344 g/mol. The van der Waals surface area contributed by atoms with Gasteiger partial charge in [-0.15, -0.1) is 0 Å². The summed E-state index contributed by atoms with van der Waals surface area (Å²) in [5.41, 5.74) is -1.73. The molecule has 1 aliphatic heterocycles. The van der Waals surface area contributed by atoms with Crippen molar-refractivity contribution >= 4 is 17.7 Å². The summed E-state index contributed by atoms with van der Waals surface area (Å²) in [5.74, 6) is -2.81. The van der Waals surface area contributed by atoms with Gasteiger partial charge >= 0.3 is 6.03 Å². The van der Waals surface area contributed by atoms with E-state index in [9.17, 15) is 23.2 Å². The fraction of sp³-hybridized carbons (Fsp3) is 0.167. The highest BCUT2D eigenvalue weighted by Gasteiger charge is 2.50. The van der Waals surface area contributed by atoms with E-state index in [1.54, 1.807) is 30.3 Å². The van der Waals surface area contributed by atoms with Crippen molar-refractivity contribution in [1.82, 2.24) is 10.2 Å². The zero-order chi connectivity index (χ0) is 18.2. The van der Waals surface area contributed by atoms with Gasteiger partial charge in [-0.05, 0) is 25.1 Å². The SMILES string of the molecule is C[C@@]1(c2cc(F)ccc2F)NC(=O)N(CC(=O)c2ccccc2)C1=O. The Labute approximate surface area is 142 Å². The summed E-state index contributed by atoms with van der Waals surface area (Å²) in [5, 5.41) is 2.35. The smallest absolute Gasteiger partial charge is 0.319 e. The second-order valence-corrected chi connectivity index (χ2v) is 5.86. The van der Waals surface area contributed by atoms with Crippen LogP contribution in [0.25, 0.3) is 0 Å². The van der Waals surface area contributed by atoms with E-state index in [-0.39, 0.29) is 5.56 Å². The Kier molecular flexibility index (Phi) is 4.08. The second-order valence-electron chi connectivity index (χ2n) is 5.86. The third-order valence-electron chi connectivity index (χ3n) is 4.14. The van der Waals surface area contributed by atoms with Crippen molar-refractivity contribution in [1.29, 1.82) is 0 Å².